The van der Waals surface area contributed by atoms with Crippen molar-refractivity contribution >= 4 is 5.69 Å². The second-order valence-corrected chi connectivity index (χ2v) is 4.61. The van der Waals surface area contributed by atoms with Gasteiger partial charge in [-0.05, 0) is 13.0 Å². The first kappa shape index (κ1) is 13.1. The van der Waals surface area contributed by atoms with E-state index in [1.54, 1.807) is 25.1 Å². The molecule has 0 amide bonds. The molecule has 0 N–H and O–H groups in total. The highest BCUT2D eigenvalue weighted by atomic mass is 16.6. The Morgan fingerprint density at radius 1 is 1.05 bits per heavy atom. The third-order valence-electron chi connectivity index (χ3n) is 3.27. The topological polar surface area (TPSA) is 69.2 Å². The number of aromatic nitrogens is 1. The van der Waals surface area contributed by atoms with Crippen LogP contribution in [0.25, 0.3) is 22.5 Å². The maximum atomic E-state index is 11.2. The van der Waals surface area contributed by atoms with Crippen molar-refractivity contribution in [3.05, 3.63) is 70.4 Å². The summed E-state index contributed by atoms with van der Waals surface area (Å²) in [6, 6.07) is 16.1. The lowest BCUT2D eigenvalue weighted by molar-refractivity contribution is -0.384. The number of hydrogen-bond acceptors (Lipinski definition) is 4. The van der Waals surface area contributed by atoms with Crippen molar-refractivity contribution in [2.24, 2.45) is 0 Å². The molecule has 3 aromatic rings. The number of nitro benzene ring substituents is 1. The second-order valence-electron chi connectivity index (χ2n) is 4.61. The van der Waals surface area contributed by atoms with E-state index in [9.17, 15) is 10.1 Å². The minimum atomic E-state index is -0.392. The predicted octanol–water partition coefficient (Wildman–Crippen LogP) is 4.23. The molecule has 0 bridgehead atoms. The maximum Gasteiger partial charge on any atom is 0.277 e. The first-order chi connectivity index (χ1) is 10.2. The fourth-order valence-electron chi connectivity index (χ4n) is 2.32. The molecule has 0 saturated heterocycles. The standard InChI is InChI=1S/C16H12N2O3/c1-11-15(13-9-5-6-10-14(13)18(19)20)16(21-17-11)12-7-3-2-4-8-12/h2-10H,1H3. The van der Waals surface area contributed by atoms with Gasteiger partial charge in [0.05, 0.1) is 21.7 Å². The summed E-state index contributed by atoms with van der Waals surface area (Å²) in [7, 11) is 0. The van der Waals surface area contributed by atoms with Crippen molar-refractivity contribution in [1.29, 1.82) is 0 Å². The number of hydrogen-bond donors (Lipinski definition) is 0. The average molecular weight is 280 g/mol. The van der Waals surface area contributed by atoms with Crippen molar-refractivity contribution in [2.45, 2.75) is 6.92 Å². The second kappa shape index (κ2) is 5.20. The molecule has 0 unspecified atom stereocenters. The van der Waals surface area contributed by atoms with Crippen LogP contribution >= 0.6 is 0 Å². The lowest BCUT2D eigenvalue weighted by Crippen LogP contribution is -1.93. The third-order valence-corrected chi connectivity index (χ3v) is 3.27. The Morgan fingerprint density at radius 2 is 1.71 bits per heavy atom. The van der Waals surface area contributed by atoms with Crippen LogP contribution in [0.4, 0.5) is 5.69 Å². The minimum absolute atomic E-state index is 0.0426. The van der Waals surface area contributed by atoms with Crippen LogP contribution < -0.4 is 0 Å². The van der Waals surface area contributed by atoms with Crippen molar-refractivity contribution in [3.8, 4) is 22.5 Å². The number of para-hydroxylation sites is 1. The summed E-state index contributed by atoms with van der Waals surface area (Å²) in [4.78, 5) is 10.8. The summed E-state index contributed by atoms with van der Waals surface area (Å²) < 4.78 is 5.40. The number of rotatable bonds is 3. The van der Waals surface area contributed by atoms with E-state index in [2.05, 4.69) is 5.16 Å². The SMILES string of the molecule is Cc1noc(-c2ccccc2)c1-c1ccccc1[N+](=O)[O-]. The zero-order valence-corrected chi connectivity index (χ0v) is 11.3. The van der Waals surface area contributed by atoms with Crippen molar-refractivity contribution in [2.75, 3.05) is 0 Å². The van der Waals surface area contributed by atoms with Gasteiger partial charge in [0.25, 0.3) is 5.69 Å². The molecule has 1 aromatic heterocycles. The smallest absolute Gasteiger partial charge is 0.277 e. The quantitative estimate of drug-likeness (QED) is 0.532. The Kier molecular flexibility index (Phi) is 3.23. The minimum Gasteiger partial charge on any atom is -0.355 e. The van der Waals surface area contributed by atoms with Gasteiger partial charge in [0.15, 0.2) is 5.76 Å². The predicted molar refractivity (Wildman–Crippen MR) is 78.8 cm³/mol. The first-order valence-electron chi connectivity index (χ1n) is 6.44. The van der Waals surface area contributed by atoms with E-state index in [4.69, 9.17) is 4.52 Å². The van der Waals surface area contributed by atoms with Gasteiger partial charge in [-0.25, -0.2) is 0 Å². The number of aryl methyl sites for hydroxylation is 1. The summed E-state index contributed by atoms with van der Waals surface area (Å²) in [6.07, 6.45) is 0. The van der Waals surface area contributed by atoms with Gasteiger partial charge >= 0.3 is 0 Å². The molecule has 3 rings (SSSR count). The van der Waals surface area contributed by atoms with Crippen LogP contribution in [-0.4, -0.2) is 10.1 Å². The van der Waals surface area contributed by atoms with E-state index in [1.165, 1.54) is 6.07 Å². The van der Waals surface area contributed by atoms with E-state index in [0.717, 1.165) is 5.56 Å². The van der Waals surface area contributed by atoms with Crippen molar-refractivity contribution in [3.63, 3.8) is 0 Å². The first-order valence-corrected chi connectivity index (χ1v) is 6.44. The molecular formula is C16H12N2O3. The Morgan fingerprint density at radius 3 is 2.43 bits per heavy atom. The third kappa shape index (κ3) is 2.29. The van der Waals surface area contributed by atoms with Gasteiger partial charge < -0.3 is 4.52 Å². The van der Waals surface area contributed by atoms with Gasteiger partial charge in [0, 0.05) is 11.6 Å². The molecule has 0 saturated carbocycles. The molecule has 21 heavy (non-hydrogen) atoms. The monoisotopic (exact) mass is 280 g/mol. The van der Waals surface area contributed by atoms with E-state index in [0.29, 0.717) is 22.6 Å². The van der Waals surface area contributed by atoms with Crippen LogP contribution in [0.3, 0.4) is 0 Å². The molecule has 1 heterocycles. The molecular weight excluding hydrogens is 268 g/mol. The Hall–Kier alpha value is -2.95. The largest absolute Gasteiger partial charge is 0.355 e. The molecule has 0 aliphatic rings. The van der Waals surface area contributed by atoms with Gasteiger partial charge in [-0.1, -0.05) is 47.6 Å². The van der Waals surface area contributed by atoms with Gasteiger partial charge in [0.1, 0.15) is 0 Å². The summed E-state index contributed by atoms with van der Waals surface area (Å²) in [5.74, 6) is 0.544. The molecule has 0 aliphatic carbocycles. The van der Waals surface area contributed by atoms with Crippen molar-refractivity contribution in [1.82, 2.24) is 5.16 Å². The van der Waals surface area contributed by atoms with Crippen LogP contribution in [0.2, 0.25) is 0 Å². The summed E-state index contributed by atoms with van der Waals surface area (Å²) in [5, 5.41) is 15.2. The Bertz CT molecular complexity index is 794. The van der Waals surface area contributed by atoms with Crippen LogP contribution in [0.1, 0.15) is 5.69 Å². The summed E-state index contributed by atoms with van der Waals surface area (Å²) in [6.45, 7) is 1.78. The number of nitrogens with zero attached hydrogens (tertiary/aromatic N) is 2. The van der Waals surface area contributed by atoms with Gasteiger partial charge in [-0.15, -0.1) is 0 Å². The highest BCUT2D eigenvalue weighted by Gasteiger charge is 2.23. The number of benzene rings is 2. The number of nitro groups is 1. The maximum absolute atomic E-state index is 11.2. The molecule has 0 radical (unpaired) electrons. The molecule has 0 atom stereocenters. The van der Waals surface area contributed by atoms with E-state index < -0.39 is 4.92 Å². The van der Waals surface area contributed by atoms with Gasteiger partial charge in [-0.3, -0.25) is 10.1 Å². The molecule has 5 heteroatoms. The lowest BCUT2D eigenvalue weighted by atomic mass is 9.98. The van der Waals surface area contributed by atoms with Gasteiger partial charge in [-0.2, -0.15) is 0 Å². The van der Waals surface area contributed by atoms with Gasteiger partial charge in [0.2, 0.25) is 0 Å². The Labute approximate surface area is 121 Å². The zero-order chi connectivity index (χ0) is 14.8. The molecule has 104 valence electrons. The summed E-state index contributed by atoms with van der Waals surface area (Å²) >= 11 is 0. The van der Waals surface area contributed by atoms with Crippen LogP contribution in [0.15, 0.2) is 59.1 Å². The van der Waals surface area contributed by atoms with Crippen LogP contribution in [0.5, 0.6) is 0 Å². The summed E-state index contributed by atoms with van der Waals surface area (Å²) in [5.41, 5.74) is 2.68. The molecule has 0 spiro atoms. The molecule has 0 aliphatic heterocycles. The fraction of sp³-hybridized carbons (Fsp3) is 0.0625. The zero-order valence-electron chi connectivity index (χ0n) is 11.3. The highest BCUT2D eigenvalue weighted by molar-refractivity contribution is 5.85. The Balaban J connectivity index is 2.25. The highest BCUT2D eigenvalue weighted by Crippen LogP contribution is 2.39. The normalized spacial score (nSPS) is 10.5. The lowest BCUT2D eigenvalue weighted by Gasteiger charge is -2.04. The van der Waals surface area contributed by atoms with Crippen molar-refractivity contribution < 1.29 is 9.45 Å². The van der Waals surface area contributed by atoms with E-state index in [1.807, 2.05) is 30.3 Å². The van der Waals surface area contributed by atoms with Crippen LogP contribution in [0, 0.1) is 17.0 Å². The fourth-order valence-corrected chi connectivity index (χ4v) is 2.32. The molecule has 5 nitrogen and oxygen atoms in total. The average Bonchev–Trinajstić information content (AvgIpc) is 2.89. The molecule has 2 aromatic carbocycles. The van der Waals surface area contributed by atoms with Crippen LogP contribution in [-0.2, 0) is 0 Å². The van der Waals surface area contributed by atoms with E-state index in [-0.39, 0.29) is 5.69 Å². The molecule has 0 fully saturated rings. The van der Waals surface area contributed by atoms with E-state index >= 15 is 0 Å².